The maximum absolute atomic E-state index is 13.3. The van der Waals surface area contributed by atoms with Crippen molar-refractivity contribution in [2.45, 2.75) is 33.0 Å². The highest BCUT2D eigenvalue weighted by Gasteiger charge is 2.21. The first-order chi connectivity index (χ1) is 15.9. The van der Waals surface area contributed by atoms with Gasteiger partial charge in [0, 0.05) is 42.7 Å². The standard InChI is InChI=1S/C23H24ClN5O4/c1-15-4-5-17(12-25-15)14-33-22-26-20-19(29(22)13-16-6-8-18(24)9-7-16)21(31)28(10-3-11-30)23(32)27(20)2/h4-9,12,30H,3,10-11,13-14H2,1-2H3. The van der Waals surface area contributed by atoms with Gasteiger partial charge in [0.25, 0.3) is 11.6 Å². The third kappa shape index (κ3) is 4.69. The maximum Gasteiger partial charge on any atom is 0.332 e. The van der Waals surface area contributed by atoms with Gasteiger partial charge in [-0.05, 0) is 37.1 Å². The van der Waals surface area contributed by atoms with Crippen LogP contribution in [0.2, 0.25) is 5.02 Å². The molecule has 0 atom stereocenters. The summed E-state index contributed by atoms with van der Waals surface area (Å²) in [5.74, 6) is 0. The van der Waals surface area contributed by atoms with Gasteiger partial charge < -0.3 is 9.84 Å². The number of halogens is 1. The molecule has 3 aromatic heterocycles. The smallest absolute Gasteiger partial charge is 0.332 e. The fraction of sp³-hybridized carbons (Fsp3) is 0.304. The van der Waals surface area contributed by atoms with Crippen molar-refractivity contribution in [3.8, 4) is 6.01 Å². The number of aliphatic hydroxyl groups excluding tert-OH is 1. The number of benzene rings is 1. The zero-order valence-corrected chi connectivity index (χ0v) is 19.1. The van der Waals surface area contributed by atoms with Crippen molar-refractivity contribution in [2.24, 2.45) is 7.05 Å². The number of rotatable bonds is 8. The zero-order valence-electron chi connectivity index (χ0n) is 18.4. The number of hydrogen-bond acceptors (Lipinski definition) is 6. The van der Waals surface area contributed by atoms with Crippen molar-refractivity contribution < 1.29 is 9.84 Å². The van der Waals surface area contributed by atoms with Crippen molar-refractivity contribution in [1.29, 1.82) is 0 Å². The van der Waals surface area contributed by atoms with E-state index in [2.05, 4.69) is 9.97 Å². The topological polar surface area (TPSA) is 104 Å². The highest BCUT2D eigenvalue weighted by atomic mass is 35.5. The second kappa shape index (κ2) is 9.60. The highest BCUT2D eigenvalue weighted by Crippen LogP contribution is 2.21. The molecule has 0 saturated heterocycles. The number of imidazole rings is 1. The molecule has 0 bridgehead atoms. The van der Waals surface area contributed by atoms with E-state index < -0.39 is 11.2 Å². The fourth-order valence-corrected chi connectivity index (χ4v) is 3.66. The van der Waals surface area contributed by atoms with Crippen molar-refractivity contribution in [2.75, 3.05) is 6.61 Å². The molecule has 0 saturated carbocycles. The van der Waals surface area contributed by atoms with Gasteiger partial charge in [0.1, 0.15) is 6.61 Å². The lowest BCUT2D eigenvalue weighted by molar-refractivity contribution is 0.270. The van der Waals surface area contributed by atoms with Gasteiger partial charge in [-0.25, -0.2) is 4.79 Å². The molecule has 0 aliphatic heterocycles. The van der Waals surface area contributed by atoms with E-state index in [9.17, 15) is 14.7 Å². The van der Waals surface area contributed by atoms with E-state index in [4.69, 9.17) is 16.3 Å². The molecule has 3 heterocycles. The third-order valence-corrected chi connectivity index (χ3v) is 5.58. The molecule has 0 aliphatic carbocycles. The van der Waals surface area contributed by atoms with Crippen LogP contribution in [-0.2, 0) is 26.7 Å². The van der Waals surface area contributed by atoms with Gasteiger partial charge >= 0.3 is 5.69 Å². The average Bonchev–Trinajstić information content (AvgIpc) is 3.17. The van der Waals surface area contributed by atoms with Crippen molar-refractivity contribution in [1.82, 2.24) is 23.7 Å². The number of aliphatic hydroxyl groups is 1. The quantitative estimate of drug-likeness (QED) is 0.424. The van der Waals surface area contributed by atoms with E-state index in [1.807, 2.05) is 31.2 Å². The van der Waals surface area contributed by atoms with Crippen LogP contribution in [0.3, 0.4) is 0 Å². The Morgan fingerprint density at radius 1 is 1.06 bits per heavy atom. The number of hydrogen-bond donors (Lipinski definition) is 1. The Morgan fingerprint density at radius 2 is 1.79 bits per heavy atom. The molecule has 10 heteroatoms. The predicted molar refractivity (Wildman–Crippen MR) is 125 cm³/mol. The summed E-state index contributed by atoms with van der Waals surface area (Å²) in [4.78, 5) is 34.9. The first-order valence-electron chi connectivity index (χ1n) is 10.5. The Hall–Kier alpha value is -3.43. The monoisotopic (exact) mass is 469 g/mol. The van der Waals surface area contributed by atoms with Crippen LogP contribution in [0.15, 0.2) is 52.2 Å². The van der Waals surface area contributed by atoms with Crippen molar-refractivity contribution in [3.05, 3.63) is 85.3 Å². The van der Waals surface area contributed by atoms with E-state index in [0.717, 1.165) is 21.4 Å². The zero-order chi connectivity index (χ0) is 23.5. The number of aromatic nitrogens is 5. The molecule has 0 spiro atoms. The molecular formula is C23H24ClN5O4. The lowest BCUT2D eigenvalue weighted by Gasteiger charge is -2.11. The van der Waals surface area contributed by atoms with Crippen molar-refractivity contribution >= 4 is 22.8 Å². The van der Waals surface area contributed by atoms with E-state index in [-0.39, 0.29) is 43.4 Å². The number of aryl methyl sites for hydroxylation is 2. The van der Waals surface area contributed by atoms with Gasteiger partial charge in [-0.15, -0.1) is 0 Å². The largest absolute Gasteiger partial charge is 0.460 e. The lowest BCUT2D eigenvalue weighted by atomic mass is 10.2. The van der Waals surface area contributed by atoms with Gasteiger partial charge in [-0.2, -0.15) is 4.98 Å². The summed E-state index contributed by atoms with van der Waals surface area (Å²) in [7, 11) is 1.56. The highest BCUT2D eigenvalue weighted by molar-refractivity contribution is 6.30. The molecule has 0 unspecified atom stereocenters. The first kappa shape index (κ1) is 22.8. The Morgan fingerprint density at radius 3 is 2.45 bits per heavy atom. The maximum atomic E-state index is 13.3. The molecule has 0 fully saturated rings. The molecule has 33 heavy (non-hydrogen) atoms. The second-order valence-electron chi connectivity index (χ2n) is 7.75. The van der Waals surface area contributed by atoms with E-state index in [0.29, 0.717) is 11.6 Å². The van der Waals surface area contributed by atoms with Crippen molar-refractivity contribution in [3.63, 3.8) is 0 Å². The average molecular weight is 470 g/mol. The van der Waals surface area contributed by atoms with Crippen LogP contribution in [0, 0.1) is 6.92 Å². The fourth-order valence-electron chi connectivity index (χ4n) is 3.54. The minimum Gasteiger partial charge on any atom is -0.460 e. The minimum absolute atomic E-state index is 0.106. The summed E-state index contributed by atoms with van der Waals surface area (Å²) < 4.78 is 10.1. The summed E-state index contributed by atoms with van der Waals surface area (Å²) in [6.45, 7) is 2.37. The predicted octanol–water partition coefficient (Wildman–Crippen LogP) is 2.26. The molecule has 1 N–H and O–H groups in total. The molecule has 0 amide bonds. The number of pyridine rings is 1. The minimum atomic E-state index is -0.494. The molecular weight excluding hydrogens is 446 g/mol. The van der Waals surface area contributed by atoms with Gasteiger partial charge in [-0.1, -0.05) is 29.8 Å². The molecule has 4 rings (SSSR count). The van der Waals surface area contributed by atoms with E-state index in [1.165, 1.54) is 4.57 Å². The molecule has 0 radical (unpaired) electrons. The number of ether oxygens (including phenoxy) is 1. The van der Waals surface area contributed by atoms with Crippen LogP contribution in [-0.4, -0.2) is 35.4 Å². The molecule has 9 nitrogen and oxygen atoms in total. The van der Waals surface area contributed by atoms with Crippen LogP contribution < -0.4 is 16.0 Å². The Labute approximate surface area is 194 Å². The van der Waals surface area contributed by atoms with Crippen LogP contribution in [0.1, 0.15) is 23.2 Å². The van der Waals surface area contributed by atoms with Crippen LogP contribution in [0.4, 0.5) is 0 Å². The summed E-state index contributed by atoms with van der Waals surface area (Å²) in [5, 5.41) is 9.79. The SMILES string of the molecule is Cc1ccc(COc2nc3c(c(=O)n(CCCO)c(=O)n3C)n2Cc2ccc(Cl)cc2)cn1. The molecule has 4 aromatic rings. The second-order valence-corrected chi connectivity index (χ2v) is 8.19. The van der Waals surface area contributed by atoms with Gasteiger partial charge in [-0.3, -0.25) is 23.5 Å². The van der Waals surface area contributed by atoms with E-state index in [1.54, 1.807) is 29.9 Å². The Bertz CT molecular complexity index is 1390. The Balaban J connectivity index is 1.83. The van der Waals surface area contributed by atoms with Gasteiger partial charge in [0.2, 0.25) is 0 Å². The summed E-state index contributed by atoms with van der Waals surface area (Å²) in [5.41, 5.74) is 2.14. The van der Waals surface area contributed by atoms with Crippen LogP contribution >= 0.6 is 11.6 Å². The van der Waals surface area contributed by atoms with E-state index >= 15 is 0 Å². The molecule has 0 aliphatic rings. The number of nitrogens with zero attached hydrogens (tertiary/aromatic N) is 5. The summed E-state index contributed by atoms with van der Waals surface area (Å²) in [6, 6.07) is 11.3. The summed E-state index contributed by atoms with van der Waals surface area (Å²) >= 11 is 6.02. The first-order valence-corrected chi connectivity index (χ1v) is 10.9. The summed E-state index contributed by atoms with van der Waals surface area (Å²) in [6.07, 6.45) is 2.01. The van der Waals surface area contributed by atoms with Crippen LogP contribution in [0.5, 0.6) is 6.01 Å². The molecule has 1 aromatic carbocycles. The lowest BCUT2D eigenvalue weighted by Crippen LogP contribution is -2.39. The third-order valence-electron chi connectivity index (χ3n) is 5.33. The number of fused-ring (bicyclic) bond motifs is 1. The molecule has 172 valence electrons. The Kier molecular flexibility index (Phi) is 6.62. The van der Waals surface area contributed by atoms with Crippen LogP contribution in [0.25, 0.3) is 11.2 Å². The van der Waals surface area contributed by atoms with Gasteiger partial charge in [0.15, 0.2) is 11.2 Å². The van der Waals surface area contributed by atoms with Gasteiger partial charge in [0.05, 0.1) is 6.54 Å². The normalized spacial score (nSPS) is 11.3.